The first-order chi connectivity index (χ1) is 14.1. The minimum absolute atomic E-state index is 0.0521. The number of likely N-dealkylation sites (tertiary alicyclic amines) is 1. The molecule has 2 heterocycles. The molecule has 1 saturated heterocycles. The fourth-order valence-corrected chi connectivity index (χ4v) is 3.76. The molecule has 6 nitrogen and oxygen atoms in total. The van der Waals surface area contributed by atoms with Crippen LogP contribution in [0.25, 0.3) is 0 Å². The maximum atomic E-state index is 12.5. The zero-order valence-electron chi connectivity index (χ0n) is 15.8. The molecule has 2 aliphatic rings. The number of fused-ring (bicyclic) bond motifs is 1. The van der Waals surface area contributed by atoms with E-state index < -0.39 is 6.61 Å². The third-order valence-corrected chi connectivity index (χ3v) is 5.02. The van der Waals surface area contributed by atoms with Crippen molar-refractivity contribution in [3.63, 3.8) is 0 Å². The van der Waals surface area contributed by atoms with Crippen LogP contribution in [-0.4, -0.2) is 43.7 Å². The topological polar surface area (TPSA) is 60.0 Å². The molecule has 1 amide bonds. The summed E-state index contributed by atoms with van der Waals surface area (Å²) in [5.41, 5.74) is 1.64. The Morgan fingerprint density at radius 1 is 1.14 bits per heavy atom. The molecule has 154 valence electrons. The number of halogens is 2. The number of benzene rings is 2. The fraction of sp³-hybridized carbons (Fsp3) is 0.381. The zero-order chi connectivity index (χ0) is 20.2. The van der Waals surface area contributed by atoms with Gasteiger partial charge in [-0.15, -0.1) is 0 Å². The Labute approximate surface area is 167 Å². The van der Waals surface area contributed by atoms with E-state index in [1.807, 2.05) is 18.2 Å². The second-order valence-electron chi connectivity index (χ2n) is 6.98. The Balaban J connectivity index is 1.37. The molecule has 2 aliphatic heterocycles. The van der Waals surface area contributed by atoms with E-state index in [0.29, 0.717) is 18.9 Å². The van der Waals surface area contributed by atoms with Crippen LogP contribution in [0, 0.1) is 0 Å². The van der Waals surface area contributed by atoms with Crippen LogP contribution < -0.4 is 19.5 Å². The molecule has 0 saturated carbocycles. The maximum absolute atomic E-state index is 12.5. The number of nitrogens with zero attached hydrogens (tertiary/aromatic N) is 1. The second-order valence-corrected chi connectivity index (χ2v) is 6.98. The summed E-state index contributed by atoms with van der Waals surface area (Å²) in [5.74, 6) is 1.39. The average Bonchev–Trinajstić information content (AvgIpc) is 3.16. The van der Waals surface area contributed by atoms with Gasteiger partial charge in [-0.2, -0.15) is 8.78 Å². The highest BCUT2D eigenvalue weighted by Gasteiger charge is 2.28. The molecule has 0 radical (unpaired) electrons. The minimum Gasteiger partial charge on any atom is -0.486 e. The van der Waals surface area contributed by atoms with E-state index in [1.54, 1.807) is 0 Å². The number of hydrogen-bond acceptors (Lipinski definition) is 5. The van der Waals surface area contributed by atoms with Gasteiger partial charge in [-0.25, -0.2) is 0 Å². The normalized spacial score (nSPS) is 18.7. The van der Waals surface area contributed by atoms with E-state index in [9.17, 15) is 13.6 Å². The molecule has 4 rings (SSSR count). The molecule has 1 N–H and O–H groups in total. The standard InChI is InChI=1S/C21H22F2N2O4/c22-21(23)29-16-6-4-15(5-7-16)24-20(26)13-25-9-1-2-17(25)14-3-8-18-19(12-14)28-11-10-27-18/h3-8,12,17,21H,1-2,9-11,13H2,(H,24,26)/t17-/m1/s1. The molecule has 0 aromatic heterocycles. The Bertz CT molecular complexity index is 860. The number of rotatable bonds is 6. The molecule has 0 bridgehead atoms. The Kier molecular flexibility index (Phi) is 5.80. The van der Waals surface area contributed by atoms with Gasteiger partial charge in [-0.05, 0) is 61.3 Å². The second kappa shape index (κ2) is 8.65. The lowest BCUT2D eigenvalue weighted by Gasteiger charge is -2.26. The van der Waals surface area contributed by atoms with Crippen molar-refractivity contribution in [2.75, 3.05) is 31.6 Å². The Hall–Kier alpha value is -2.87. The lowest BCUT2D eigenvalue weighted by molar-refractivity contribution is -0.117. The monoisotopic (exact) mass is 404 g/mol. The largest absolute Gasteiger partial charge is 0.486 e. The molecule has 29 heavy (non-hydrogen) atoms. The quantitative estimate of drug-likeness (QED) is 0.793. The Morgan fingerprint density at radius 3 is 2.66 bits per heavy atom. The van der Waals surface area contributed by atoms with Crippen molar-refractivity contribution in [3.05, 3.63) is 48.0 Å². The number of amides is 1. The molecule has 0 spiro atoms. The predicted molar refractivity (Wildman–Crippen MR) is 103 cm³/mol. The number of anilines is 1. The number of hydrogen-bond donors (Lipinski definition) is 1. The van der Waals surface area contributed by atoms with Gasteiger partial charge in [0.15, 0.2) is 11.5 Å². The van der Waals surface area contributed by atoms with Crippen LogP contribution in [0.15, 0.2) is 42.5 Å². The highest BCUT2D eigenvalue weighted by molar-refractivity contribution is 5.92. The maximum Gasteiger partial charge on any atom is 0.387 e. The van der Waals surface area contributed by atoms with Crippen LogP contribution in [0.5, 0.6) is 17.2 Å². The summed E-state index contributed by atoms with van der Waals surface area (Å²) in [6.07, 6.45) is 1.97. The molecular formula is C21H22F2N2O4. The van der Waals surface area contributed by atoms with Gasteiger partial charge in [0.05, 0.1) is 6.54 Å². The summed E-state index contributed by atoms with van der Waals surface area (Å²) in [4.78, 5) is 14.6. The van der Waals surface area contributed by atoms with Gasteiger partial charge >= 0.3 is 6.61 Å². The van der Waals surface area contributed by atoms with Crippen LogP contribution in [0.4, 0.5) is 14.5 Å². The summed E-state index contributed by atoms with van der Waals surface area (Å²) in [7, 11) is 0. The van der Waals surface area contributed by atoms with E-state index in [4.69, 9.17) is 9.47 Å². The summed E-state index contributed by atoms with van der Waals surface area (Å²) >= 11 is 0. The first-order valence-corrected chi connectivity index (χ1v) is 9.57. The van der Waals surface area contributed by atoms with Crippen molar-refractivity contribution < 1.29 is 27.8 Å². The van der Waals surface area contributed by atoms with Crippen molar-refractivity contribution in [1.82, 2.24) is 4.90 Å². The summed E-state index contributed by atoms with van der Waals surface area (Å²) in [6, 6.07) is 12.0. The third kappa shape index (κ3) is 4.76. The summed E-state index contributed by atoms with van der Waals surface area (Å²) in [6.45, 7) is -0.712. The van der Waals surface area contributed by atoms with Crippen molar-refractivity contribution in [3.8, 4) is 17.2 Å². The van der Waals surface area contributed by atoms with Crippen LogP contribution in [0.2, 0.25) is 0 Å². The fourth-order valence-electron chi connectivity index (χ4n) is 3.76. The van der Waals surface area contributed by atoms with Gasteiger partial charge in [0.2, 0.25) is 5.91 Å². The van der Waals surface area contributed by atoms with E-state index in [-0.39, 0.29) is 24.2 Å². The van der Waals surface area contributed by atoms with Crippen LogP contribution in [0.1, 0.15) is 24.4 Å². The van der Waals surface area contributed by atoms with Gasteiger partial charge in [-0.3, -0.25) is 9.69 Å². The average molecular weight is 404 g/mol. The van der Waals surface area contributed by atoms with Gasteiger partial charge < -0.3 is 19.5 Å². The summed E-state index contributed by atoms with van der Waals surface area (Å²) < 4.78 is 40.0. The van der Waals surface area contributed by atoms with E-state index >= 15 is 0 Å². The van der Waals surface area contributed by atoms with Crippen molar-refractivity contribution in [1.29, 1.82) is 0 Å². The van der Waals surface area contributed by atoms with E-state index in [2.05, 4.69) is 15.0 Å². The third-order valence-electron chi connectivity index (χ3n) is 5.02. The van der Waals surface area contributed by atoms with Gasteiger partial charge in [0.25, 0.3) is 0 Å². The number of carbonyl (C=O) groups is 1. The van der Waals surface area contributed by atoms with Crippen molar-refractivity contribution in [2.24, 2.45) is 0 Å². The Morgan fingerprint density at radius 2 is 1.90 bits per heavy atom. The smallest absolute Gasteiger partial charge is 0.387 e. The molecular weight excluding hydrogens is 382 g/mol. The zero-order valence-corrected chi connectivity index (χ0v) is 15.8. The lowest BCUT2D eigenvalue weighted by atomic mass is 10.0. The van der Waals surface area contributed by atoms with Crippen molar-refractivity contribution in [2.45, 2.75) is 25.5 Å². The molecule has 2 aromatic carbocycles. The minimum atomic E-state index is -2.87. The highest BCUT2D eigenvalue weighted by atomic mass is 19.3. The van der Waals surface area contributed by atoms with Gasteiger partial charge in [0, 0.05) is 11.7 Å². The van der Waals surface area contributed by atoms with Gasteiger partial charge in [0.1, 0.15) is 19.0 Å². The van der Waals surface area contributed by atoms with Crippen LogP contribution >= 0.6 is 0 Å². The molecule has 0 unspecified atom stereocenters. The summed E-state index contributed by atoms with van der Waals surface area (Å²) in [5, 5.41) is 2.80. The SMILES string of the molecule is O=C(CN1CCC[C@@H]1c1ccc2c(c1)OCCO2)Nc1ccc(OC(F)F)cc1. The first kappa shape index (κ1) is 19.4. The molecule has 2 aromatic rings. The number of nitrogens with one attached hydrogen (secondary N) is 1. The molecule has 8 heteroatoms. The van der Waals surface area contributed by atoms with E-state index in [1.165, 1.54) is 24.3 Å². The number of alkyl halides is 2. The van der Waals surface area contributed by atoms with Gasteiger partial charge in [-0.1, -0.05) is 6.07 Å². The van der Waals surface area contributed by atoms with Crippen LogP contribution in [0.3, 0.4) is 0 Å². The van der Waals surface area contributed by atoms with E-state index in [0.717, 1.165) is 36.4 Å². The molecule has 1 atom stereocenters. The van der Waals surface area contributed by atoms with Crippen LogP contribution in [-0.2, 0) is 4.79 Å². The molecule has 0 aliphatic carbocycles. The number of ether oxygens (including phenoxy) is 3. The first-order valence-electron chi connectivity index (χ1n) is 9.57. The predicted octanol–water partition coefficient (Wildman–Crippen LogP) is 3.83. The highest BCUT2D eigenvalue weighted by Crippen LogP contribution is 2.37. The van der Waals surface area contributed by atoms with Crippen molar-refractivity contribution >= 4 is 11.6 Å². The number of carbonyl (C=O) groups excluding carboxylic acids is 1. The lowest BCUT2D eigenvalue weighted by Crippen LogP contribution is -2.33. The molecule has 1 fully saturated rings.